The molecule has 0 radical (unpaired) electrons. The Morgan fingerprint density at radius 2 is 1.90 bits per heavy atom. The van der Waals surface area contributed by atoms with Gasteiger partial charge < -0.3 is 14.8 Å². The van der Waals surface area contributed by atoms with Crippen LogP contribution in [0, 0.1) is 11.8 Å². The number of benzene rings is 1. The van der Waals surface area contributed by atoms with Gasteiger partial charge in [0, 0.05) is 19.3 Å². The van der Waals surface area contributed by atoms with Crippen LogP contribution in [0.3, 0.4) is 0 Å². The van der Waals surface area contributed by atoms with E-state index in [0.29, 0.717) is 12.0 Å². The third kappa shape index (κ3) is 5.68. The van der Waals surface area contributed by atoms with E-state index in [1.54, 1.807) is 7.11 Å². The molecule has 3 heteroatoms. The molecule has 1 aliphatic rings. The monoisotopic (exact) mass is 291 g/mol. The Morgan fingerprint density at radius 3 is 2.48 bits per heavy atom. The van der Waals surface area contributed by atoms with E-state index in [0.717, 1.165) is 37.8 Å². The zero-order valence-corrected chi connectivity index (χ0v) is 13.6. The van der Waals surface area contributed by atoms with E-state index in [1.807, 2.05) is 0 Å². The standard InChI is InChI=1S/C18H29NO2/c1-14(2)13-21-12-4-11-19-18(15-5-6-15)16-7-9-17(20-3)10-8-16/h7-10,14-15,18-19H,4-6,11-13H2,1-3H3. The van der Waals surface area contributed by atoms with Gasteiger partial charge in [-0.3, -0.25) is 0 Å². The largest absolute Gasteiger partial charge is 0.497 e. The number of methoxy groups -OCH3 is 1. The molecule has 118 valence electrons. The summed E-state index contributed by atoms with van der Waals surface area (Å²) in [5, 5.41) is 3.70. The Morgan fingerprint density at radius 1 is 1.19 bits per heavy atom. The molecule has 2 rings (SSSR count). The molecule has 0 aromatic heterocycles. The van der Waals surface area contributed by atoms with Crippen LogP contribution in [-0.4, -0.2) is 26.9 Å². The maximum Gasteiger partial charge on any atom is 0.118 e. The normalized spacial score (nSPS) is 16.2. The van der Waals surface area contributed by atoms with Gasteiger partial charge in [0.25, 0.3) is 0 Å². The lowest BCUT2D eigenvalue weighted by atomic mass is 10.0. The van der Waals surface area contributed by atoms with Crippen LogP contribution in [0.25, 0.3) is 0 Å². The van der Waals surface area contributed by atoms with E-state index < -0.39 is 0 Å². The third-order valence-corrected chi connectivity index (χ3v) is 3.85. The lowest BCUT2D eigenvalue weighted by Gasteiger charge is -2.19. The molecule has 0 bridgehead atoms. The summed E-state index contributed by atoms with van der Waals surface area (Å²) in [4.78, 5) is 0. The highest BCUT2D eigenvalue weighted by atomic mass is 16.5. The SMILES string of the molecule is COc1ccc(C(NCCCOCC(C)C)C2CC2)cc1. The Bertz CT molecular complexity index is 398. The predicted molar refractivity (Wildman–Crippen MR) is 86.7 cm³/mol. The summed E-state index contributed by atoms with van der Waals surface area (Å²) in [6.07, 6.45) is 3.76. The van der Waals surface area contributed by atoms with Crippen LogP contribution < -0.4 is 10.1 Å². The van der Waals surface area contributed by atoms with E-state index in [1.165, 1.54) is 18.4 Å². The summed E-state index contributed by atoms with van der Waals surface area (Å²) in [7, 11) is 1.71. The maximum atomic E-state index is 5.63. The van der Waals surface area contributed by atoms with Crippen molar-refractivity contribution in [2.45, 2.75) is 39.2 Å². The van der Waals surface area contributed by atoms with E-state index in [2.05, 4.69) is 43.4 Å². The van der Waals surface area contributed by atoms with Gasteiger partial charge in [-0.1, -0.05) is 26.0 Å². The van der Waals surface area contributed by atoms with Crippen LogP contribution in [0.2, 0.25) is 0 Å². The van der Waals surface area contributed by atoms with Crippen molar-refractivity contribution < 1.29 is 9.47 Å². The Hall–Kier alpha value is -1.06. The van der Waals surface area contributed by atoms with Gasteiger partial charge in [0.05, 0.1) is 7.11 Å². The fourth-order valence-corrected chi connectivity index (χ4v) is 2.55. The summed E-state index contributed by atoms with van der Waals surface area (Å²) < 4.78 is 10.9. The molecule has 0 amide bonds. The van der Waals surface area contributed by atoms with Crippen LogP contribution in [-0.2, 0) is 4.74 Å². The molecule has 1 unspecified atom stereocenters. The number of hydrogen-bond donors (Lipinski definition) is 1. The van der Waals surface area contributed by atoms with Gasteiger partial charge in [0.15, 0.2) is 0 Å². The number of nitrogens with one attached hydrogen (secondary N) is 1. The van der Waals surface area contributed by atoms with Gasteiger partial charge in [-0.15, -0.1) is 0 Å². The van der Waals surface area contributed by atoms with Crippen LogP contribution in [0.5, 0.6) is 5.75 Å². The first kappa shape index (κ1) is 16.3. The molecule has 1 fully saturated rings. The molecular formula is C18H29NO2. The highest BCUT2D eigenvalue weighted by Gasteiger charge is 2.31. The quantitative estimate of drug-likeness (QED) is 0.665. The smallest absolute Gasteiger partial charge is 0.118 e. The molecule has 0 aliphatic heterocycles. The second kappa shape index (κ2) is 8.40. The van der Waals surface area contributed by atoms with Crippen LogP contribution in [0.15, 0.2) is 24.3 Å². The number of hydrogen-bond acceptors (Lipinski definition) is 3. The first-order valence-electron chi connectivity index (χ1n) is 8.15. The molecule has 1 aliphatic carbocycles. The summed E-state index contributed by atoms with van der Waals surface area (Å²) in [6.45, 7) is 7.11. The average molecular weight is 291 g/mol. The minimum absolute atomic E-state index is 0.487. The fraction of sp³-hybridized carbons (Fsp3) is 0.667. The van der Waals surface area contributed by atoms with Gasteiger partial charge >= 0.3 is 0 Å². The van der Waals surface area contributed by atoms with Crippen molar-refractivity contribution >= 4 is 0 Å². The highest BCUT2D eigenvalue weighted by Crippen LogP contribution is 2.41. The van der Waals surface area contributed by atoms with Gasteiger partial charge in [0.2, 0.25) is 0 Å². The van der Waals surface area contributed by atoms with E-state index in [9.17, 15) is 0 Å². The fourth-order valence-electron chi connectivity index (χ4n) is 2.55. The minimum atomic E-state index is 0.487. The molecule has 1 aromatic rings. The second-order valence-electron chi connectivity index (χ2n) is 6.36. The van der Waals surface area contributed by atoms with Crippen molar-refractivity contribution in [3.05, 3.63) is 29.8 Å². The lowest BCUT2D eigenvalue weighted by Crippen LogP contribution is -2.25. The van der Waals surface area contributed by atoms with Gasteiger partial charge in [0.1, 0.15) is 5.75 Å². The van der Waals surface area contributed by atoms with Crippen LogP contribution in [0.1, 0.15) is 44.7 Å². The summed E-state index contributed by atoms with van der Waals surface area (Å²) in [5.41, 5.74) is 1.38. The molecule has 1 aromatic carbocycles. The van der Waals surface area contributed by atoms with E-state index in [4.69, 9.17) is 9.47 Å². The molecule has 1 atom stereocenters. The van der Waals surface area contributed by atoms with Gasteiger partial charge in [-0.25, -0.2) is 0 Å². The minimum Gasteiger partial charge on any atom is -0.497 e. The number of rotatable bonds is 10. The van der Waals surface area contributed by atoms with Crippen LogP contribution in [0.4, 0.5) is 0 Å². The molecule has 21 heavy (non-hydrogen) atoms. The molecule has 1 N–H and O–H groups in total. The molecule has 0 saturated heterocycles. The Kier molecular flexibility index (Phi) is 6.52. The molecule has 0 spiro atoms. The first-order valence-corrected chi connectivity index (χ1v) is 8.15. The first-order chi connectivity index (χ1) is 10.2. The van der Waals surface area contributed by atoms with Gasteiger partial charge in [-0.05, 0) is 55.3 Å². The van der Waals surface area contributed by atoms with Crippen LogP contribution >= 0.6 is 0 Å². The number of ether oxygens (including phenoxy) is 2. The van der Waals surface area contributed by atoms with Crippen molar-refractivity contribution in [3.63, 3.8) is 0 Å². The molecule has 3 nitrogen and oxygen atoms in total. The van der Waals surface area contributed by atoms with Crippen molar-refractivity contribution in [3.8, 4) is 5.75 Å². The van der Waals surface area contributed by atoms with Crippen molar-refractivity contribution in [1.29, 1.82) is 0 Å². The molecule has 1 saturated carbocycles. The molecular weight excluding hydrogens is 262 g/mol. The summed E-state index contributed by atoms with van der Waals surface area (Å²) in [6, 6.07) is 8.96. The summed E-state index contributed by atoms with van der Waals surface area (Å²) in [5.74, 6) is 2.35. The lowest BCUT2D eigenvalue weighted by molar-refractivity contribution is 0.107. The van der Waals surface area contributed by atoms with E-state index >= 15 is 0 Å². The predicted octanol–water partition coefficient (Wildman–Crippen LogP) is 3.80. The van der Waals surface area contributed by atoms with Gasteiger partial charge in [-0.2, -0.15) is 0 Å². The zero-order chi connectivity index (χ0) is 15.1. The second-order valence-corrected chi connectivity index (χ2v) is 6.36. The topological polar surface area (TPSA) is 30.5 Å². The Labute approximate surface area is 129 Å². The zero-order valence-electron chi connectivity index (χ0n) is 13.6. The summed E-state index contributed by atoms with van der Waals surface area (Å²) >= 11 is 0. The Balaban J connectivity index is 1.74. The van der Waals surface area contributed by atoms with Crippen molar-refractivity contribution in [2.75, 3.05) is 26.9 Å². The highest BCUT2D eigenvalue weighted by molar-refractivity contribution is 5.30. The average Bonchev–Trinajstić information content (AvgIpc) is 3.31. The van der Waals surface area contributed by atoms with Crippen molar-refractivity contribution in [1.82, 2.24) is 5.32 Å². The van der Waals surface area contributed by atoms with E-state index in [-0.39, 0.29) is 0 Å². The third-order valence-electron chi connectivity index (χ3n) is 3.85. The van der Waals surface area contributed by atoms with Crippen molar-refractivity contribution in [2.24, 2.45) is 11.8 Å². The maximum absolute atomic E-state index is 5.63. The molecule has 0 heterocycles.